The average Bonchev–Trinajstić information content (AvgIpc) is 1.64. The van der Waals surface area contributed by atoms with E-state index in [9.17, 15) is 0 Å². The fourth-order valence-corrected chi connectivity index (χ4v) is 0.736. The van der Waals surface area contributed by atoms with Crippen molar-refractivity contribution < 1.29 is 0 Å². The molecule has 0 saturated carbocycles. The van der Waals surface area contributed by atoms with Gasteiger partial charge in [-0.1, -0.05) is 13.0 Å². The van der Waals surface area contributed by atoms with Crippen molar-refractivity contribution in [2.45, 2.75) is 13.3 Å². The quantitative estimate of drug-likeness (QED) is 0.494. The van der Waals surface area contributed by atoms with Crippen LogP contribution in [0.1, 0.15) is 13.3 Å². The van der Waals surface area contributed by atoms with Crippen molar-refractivity contribution in [2.24, 2.45) is 16.6 Å². The summed E-state index contributed by atoms with van der Waals surface area (Å²) in [7, 11) is 0. The Hall–Kier alpha value is -0.790. The average molecular weight is 110 g/mol. The van der Waals surface area contributed by atoms with Crippen LogP contribution in [0.25, 0.3) is 0 Å². The highest BCUT2D eigenvalue weighted by Gasteiger charge is 2.02. The number of hydrogen-bond acceptors (Lipinski definition) is 2. The van der Waals surface area contributed by atoms with Gasteiger partial charge < -0.3 is 5.73 Å². The van der Waals surface area contributed by atoms with Gasteiger partial charge in [0.1, 0.15) is 0 Å². The second-order valence-electron chi connectivity index (χ2n) is 2.14. The molecule has 0 bridgehead atoms. The molecule has 0 saturated heterocycles. The molecule has 0 aromatic rings. The summed E-state index contributed by atoms with van der Waals surface area (Å²) in [6.07, 6.45) is 4.73. The van der Waals surface area contributed by atoms with Crippen molar-refractivity contribution in [1.29, 1.82) is 0 Å². The zero-order valence-corrected chi connectivity index (χ0v) is 4.96. The van der Waals surface area contributed by atoms with Crippen molar-refractivity contribution in [3.8, 4) is 0 Å². The minimum Gasteiger partial charge on any atom is -0.387 e. The molecule has 1 heterocycles. The molecule has 0 radical (unpaired) electrons. The van der Waals surface area contributed by atoms with E-state index in [-0.39, 0.29) is 0 Å². The van der Waals surface area contributed by atoms with Gasteiger partial charge in [0.15, 0.2) is 0 Å². The topological polar surface area (TPSA) is 38.4 Å². The minimum atomic E-state index is 0.576. The number of aliphatic imine (C=N–C) groups is 1. The third-order valence-electron chi connectivity index (χ3n) is 1.19. The van der Waals surface area contributed by atoms with Gasteiger partial charge in [0.25, 0.3) is 0 Å². The Kier molecular flexibility index (Phi) is 1.33. The van der Waals surface area contributed by atoms with Gasteiger partial charge in [0.2, 0.25) is 0 Å². The lowest BCUT2D eigenvalue weighted by molar-refractivity contribution is 0.751. The molecule has 1 unspecified atom stereocenters. The van der Waals surface area contributed by atoms with E-state index < -0.39 is 0 Å². The summed E-state index contributed by atoms with van der Waals surface area (Å²) < 4.78 is 0. The lowest BCUT2D eigenvalue weighted by atomic mass is 10.1. The highest BCUT2D eigenvalue weighted by molar-refractivity contribution is 5.81. The largest absolute Gasteiger partial charge is 0.387 e. The van der Waals surface area contributed by atoms with Gasteiger partial charge in [-0.15, -0.1) is 0 Å². The van der Waals surface area contributed by atoms with Crippen molar-refractivity contribution in [1.82, 2.24) is 0 Å². The van der Waals surface area contributed by atoms with E-state index in [0.717, 1.165) is 12.3 Å². The molecular formula is C6H10N2. The first-order valence-corrected chi connectivity index (χ1v) is 2.78. The summed E-state index contributed by atoms with van der Waals surface area (Å²) in [5, 5.41) is 0. The van der Waals surface area contributed by atoms with Gasteiger partial charge >= 0.3 is 0 Å². The first-order valence-electron chi connectivity index (χ1n) is 2.78. The summed E-state index contributed by atoms with van der Waals surface area (Å²) in [5.74, 6) is 1.33. The second-order valence-corrected chi connectivity index (χ2v) is 2.14. The Morgan fingerprint density at radius 2 is 2.62 bits per heavy atom. The summed E-state index contributed by atoms with van der Waals surface area (Å²) >= 11 is 0. The zero-order chi connectivity index (χ0) is 5.98. The van der Waals surface area contributed by atoms with Gasteiger partial charge in [-0.05, 0) is 5.92 Å². The molecular weight excluding hydrogens is 100 g/mol. The lowest BCUT2D eigenvalue weighted by Gasteiger charge is -2.07. The number of nitrogens with two attached hydrogens (primary N) is 1. The molecule has 0 fully saturated rings. The van der Waals surface area contributed by atoms with Crippen LogP contribution in [-0.2, 0) is 0 Å². The Morgan fingerprint density at radius 1 is 1.88 bits per heavy atom. The second kappa shape index (κ2) is 1.99. The standard InChI is InChI=1S/C6H10N2/c1-5-2-3-8-6(7)4-5/h2-3,5H,4H2,1H3,(H2,7,8). The number of nitrogens with zero attached hydrogens (tertiary/aromatic N) is 1. The SMILES string of the molecule is CC1C=CN=C(N)C1. The molecule has 0 amide bonds. The Labute approximate surface area is 49.1 Å². The third kappa shape index (κ3) is 1.09. The van der Waals surface area contributed by atoms with E-state index in [0.29, 0.717) is 5.92 Å². The summed E-state index contributed by atoms with van der Waals surface area (Å²) in [6.45, 7) is 2.12. The van der Waals surface area contributed by atoms with E-state index in [1.807, 2.05) is 0 Å². The maximum Gasteiger partial charge on any atom is 0.0994 e. The maximum atomic E-state index is 5.42. The molecule has 0 aromatic carbocycles. The maximum absolute atomic E-state index is 5.42. The molecule has 1 aliphatic heterocycles. The van der Waals surface area contributed by atoms with Crippen LogP contribution in [0.15, 0.2) is 17.3 Å². The number of amidine groups is 1. The third-order valence-corrected chi connectivity index (χ3v) is 1.19. The van der Waals surface area contributed by atoms with Crippen molar-refractivity contribution in [2.75, 3.05) is 0 Å². The van der Waals surface area contributed by atoms with Crippen LogP contribution in [0.4, 0.5) is 0 Å². The van der Waals surface area contributed by atoms with Crippen LogP contribution >= 0.6 is 0 Å². The fraction of sp³-hybridized carbons (Fsp3) is 0.500. The Balaban J connectivity index is 2.59. The van der Waals surface area contributed by atoms with Crippen molar-refractivity contribution >= 4 is 5.84 Å². The van der Waals surface area contributed by atoms with Crippen LogP contribution < -0.4 is 5.73 Å². The van der Waals surface area contributed by atoms with E-state index in [2.05, 4.69) is 18.0 Å². The predicted octanol–water partition coefficient (Wildman–Crippen LogP) is 0.897. The monoisotopic (exact) mass is 110 g/mol. The molecule has 0 aliphatic carbocycles. The molecule has 2 nitrogen and oxygen atoms in total. The van der Waals surface area contributed by atoms with E-state index in [1.54, 1.807) is 6.20 Å². The van der Waals surface area contributed by atoms with Crippen LogP contribution in [-0.4, -0.2) is 5.84 Å². The minimum absolute atomic E-state index is 0.576. The van der Waals surface area contributed by atoms with E-state index in [1.165, 1.54) is 0 Å². The van der Waals surface area contributed by atoms with Gasteiger partial charge in [0, 0.05) is 12.6 Å². The van der Waals surface area contributed by atoms with Crippen LogP contribution in [0.5, 0.6) is 0 Å². The molecule has 8 heavy (non-hydrogen) atoms. The van der Waals surface area contributed by atoms with Crippen molar-refractivity contribution in [3.05, 3.63) is 12.3 Å². The lowest BCUT2D eigenvalue weighted by Crippen LogP contribution is -2.16. The molecule has 1 rings (SSSR count). The van der Waals surface area contributed by atoms with E-state index >= 15 is 0 Å². The summed E-state index contributed by atoms with van der Waals surface area (Å²) in [4.78, 5) is 3.89. The van der Waals surface area contributed by atoms with E-state index in [4.69, 9.17) is 5.73 Å². The summed E-state index contributed by atoms with van der Waals surface area (Å²) in [6, 6.07) is 0. The highest BCUT2D eigenvalue weighted by atomic mass is 14.8. The molecule has 0 aromatic heterocycles. The highest BCUT2D eigenvalue weighted by Crippen LogP contribution is 2.07. The number of hydrogen-bond donors (Lipinski definition) is 1. The molecule has 1 aliphatic rings. The van der Waals surface area contributed by atoms with Gasteiger partial charge in [-0.2, -0.15) is 0 Å². The normalized spacial score (nSPS) is 27.6. The molecule has 2 N–H and O–H groups in total. The predicted molar refractivity (Wildman–Crippen MR) is 34.5 cm³/mol. The first-order chi connectivity index (χ1) is 3.79. The molecule has 0 spiro atoms. The molecule has 2 heteroatoms. The Morgan fingerprint density at radius 3 is 3.00 bits per heavy atom. The molecule has 44 valence electrons. The Bertz CT molecular complexity index is 135. The van der Waals surface area contributed by atoms with Gasteiger partial charge in [-0.25, -0.2) is 4.99 Å². The van der Waals surface area contributed by atoms with Crippen LogP contribution in [0.3, 0.4) is 0 Å². The summed E-state index contributed by atoms with van der Waals surface area (Å²) in [5.41, 5.74) is 5.42. The number of allylic oxidation sites excluding steroid dienone is 1. The fourth-order valence-electron chi connectivity index (χ4n) is 0.736. The van der Waals surface area contributed by atoms with Gasteiger partial charge in [0.05, 0.1) is 5.84 Å². The van der Waals surface area contributed by atoms with Crippen molar-refractivity contribution in [3.63, 3.8) is 0 Å². The van der Waals surface area contributed by atoms with Crippen LogP contribution in [0.2, 0.25) is 0 Å². The molecule has 1 atom stereocenters. The zero-order valence-electron chi connectivity index (χ0n) is 4.96. The van der Waals surface area contributed by atoms with Crippen LogP contribution in [0, 0.1) is 5.92 Å². The number of rotatable bonds is 0. The van der Waals surface area contributed by atoms with Gasteiger partial charge in [-0.3, -0.25) is 0 Å². The first kappa shape index (κ1) is 5.35. The smallest absolute Gasteiger partial charge is 0.0994 e.